The lowest BCUT2D eigenvalue weighted by Crippen LogP contribution is -2.02. The van der Waals surface area contributed by atoms with E-state index in [-0.39, 0.29) is 0 Å². The van der Waals surface area contributed by atoms with Crippen LogP contribution in [0.4, 0.5) is 5.69 Å². The van der Waals surface area contributed by atoms with Gasteiger partial charge in [-0.2, -0.15) is 0 Å². The van der Waals surface area contributed by atoms with E-state index >= 15 is 0 Å². The highest BCUT2D eigenvalue weighted by Crippen LogP contribution is 2.33. The fourth-order valence-corrected chi connectivity index (χ4v) is 3.01. The zero-order valence-corrected chi connectivity index (χ0v) is 17.2. The number of para-hydroxylation sites is 1. The fourth-order valence-electron chi connectivity index (χ4n) is 2.00. The molecule has 0 heterocycles. The summed E-state index contributed by atoms with van der Waals surface area (Å²) in [5.41, 5.74) is 2.84. The minimum absolute atomic E-state index is 0.516. The van der Waals surface area contributed by atoms with Crippen molar-refractivity contribution in [3.05, 3.63) is 50.1 Å². The molecule has 0 N–H and O–H groups in total. The molecule has 1 rings (SSSR count). The molecule has 0 aromatic heterocycles. The molecule has 0 saturated carbocycles. The van der Waals surface area contributed by atoms with E-state index < -0.39 is 0 Å². The Balaban J connectivity index is 3.05. The molecule has 0 spiro atoms. The van der Waals surface area contributed by atoms with Gasteiger partial charge in [-0.15, -0.1) is 0 Å². The van der Waals surface area contributed by atoms with Crippen LogP contribution in [-0.4, -0.2) is 11.4 Å². The predicted molar refractivity (Wildman–Crippen MR) is 110 cm³/mol. The Morgan fingerprint density at radius 2 is 1.62 bits per heavy atom. The van der Waals surface area contributed by atoms with E-state index in [0.717, 1.165) is 17.8 Å². The third-order valence-electron chi connectivity index (χ3n) is 2.99. The summed E-state index contributed by atoms with van der Waals surface area (Å²) < 4.78 is 0. The van der Waals surface area contributed by atoms with Gasteiger partial charge in [0.25, 0.3) is 0 Å². The van der Waals surface area contributed by atoms with Crippen molar-refractivity contribution in [3.63, 3.8) is 0 Å². The number of benzene rings is 1. The van der Waals surface area contributed by atoms with Crippen molar-refractivity contribution in [2.75, 3.05) is 0 Å². The summed E-state index contributed by atoms with van der Waals surface area (Å²) >= 11 is 24.6. The van der Waals surface area contributed by atoms with Crippen LogP contribution in [0.5, 0.6) is 0 Å². The Bertz CT molecular complexity index is 691. The summed E-state index contributed by atoms with van der Waals surface area (Å²) in [4.78, 5) is 9.04. The molecule has 0 aliphatic heterocycles. The second-order valence-electron chi connectivity index (χ2n) is 5.28. The number of allylic oxidation sites excluding steroid dienone is 3. The summed E-state index contributed by atoms with van der Waals surface area (Å²) in [6.45, 7) is 7.58. The molecule has 0 bridgehead atoms. The average molecular weight is 406 g/mol. The molecule has 0 saturated heterocycles. The maximum Gasteiger partial charge on any atom is 0.100 e. The Morgan fingerprint density at radius 1 is 1.04 bits per heavy atom. The second-order valence-corrected chi connectivity index (χ2v) is 7.07. The Morgan fingerprint density at radius 3 is 2.12 bits per heavy atom. The van der Waals surface area contributed by atoms with Crippen molar-refractivity contribution in [1.29, 1.82) is 0 Å². The van der Waals surface area contributed by atoms with E-state index in [9.17, 15) is 0 Å². The minimum atomic E-state index is 0.516. The zero-order chi connectivity index (χ0) is 18.3. The third-order valence-corrected chi connectivity index (χ3v) is 4.11. The SMILES string of the molecule is CC/C=C(Cl)\C(N=C(C)CC(C)=Nc1c(Cl)cccc1Cl)=C(/C)Cl. The van der Waals surface area contributed by atoms with Crippen LogP contribution in [0, 0.1) is 0 Å². The van der Waals surface area contributed by atoms with Gasteiger partial charge in [0.05, 0.1) is 20.8 Å². The third kappa shape index (κ3) is 6.60. The molecule has 0 fully saturated rings. The molecule has 0 radical (unpaired) electrons. The number of hydrogen-bond donors (Lipinski definition) is 0. The van der Waals surface area contributed by atoms with Gasteiger partial charge in [0.15, 0.2) is 0 Å². The highest BCUT2D eigenvalue weighted by Gasteiger charge is 2.08. The molecule has 2 nitrogen and oxygen atoms in total. The van der Waals surface area contributed by atoms with Crippen LogP contribution in [0.15, 0.2) is 50.0 Å². The number of hydrogen-bond acceptors (Lipinski definition) is 2. The fraction of sp³-hybridized carbons (Fsp3) is 0.333. The molecular formula is C18H20Cl4N2. The quantitative estimate of drug-likeness (QED) is 0.338. The smallest absolute Gasteiger partial charge is 0.100 e. The lowest BCUT2D eigenvalue weighted by atomic mass is 10.2. The summed E-state index contributed by atoms with van der Waals surface area (Å²) in [6, 6.07) is 5.30. The molecule has 0 atom stereocenters. The van der Waals surface area contributed by atoms with Crippen molar-refractivity contribution in [1.82, 2.24) is 0 Å². The van der Waals surface area contributed by atoms with E-state index in [2.05, 4.69) is 9.98 Å². The van der Waals surface area contributed by atoms with Crippen molar-refractivity contribution < 1.29 is 0 Å². The first kappa shape index (κ1) is 21.2. The van der Waals surface area contributed by atoms with Gasteiger partial charge in [-0.25, -0.2) is 0 Å². The van der Waals surface area contributed by atoms with Gasteiger partial charge in [-0.1, -0.05) is 65.5 Å². The van der Waals surface area contributed by atoms with Crippen molar-refractivity contribution in [3.8, 4) is 0 Å². The van der Waals surface area contributed by atoms with E-state index in [4.69, 9.17) is 46.4 Å². The van der Waals surface area contributed by atoms with Crippen LogP contribution in [0.3, 0.4) is 0 Å². The van der Waals surface area contributed by atoms with Crippen LogP contribution >= 0.6 is 46.4 Å². The van der Waals surface area contributed by atoms with Crippen molar-refractivity contribution in [2.45, 2.75) is 40.5 Å². The highest BCUT2D eigenvalue weighted by atomic mass is 35.5. The lowest BCUT2D eigenvalue weighted by Gasteiger charge is -2.07. The van der Waals surface area contributed by atoms with Crippen LogP contribution < -0.4 is 0 Å². The topological polar surface area (TPSA) is 24.7 Å². The van der Waals surface area contributed by atoms with Gasteiger partial charge in [0, 0.05) is 22.9 Å². The molecule has 130 valence electrons. The second kappa shape index (κ2) is 10.2. The summed E-state index contributed by atoms with van der Waals surface area (Å²) in [6.07, 6.45) is 3.25. The first-order valence-electron chi connectivity index (χ1n) is 7.51. The lowest BCUT2D eigenvalue weighted by molar-refractivity contribution is 1.19. The van der Waals surface area contributed by atoms with Crippen molar-refractivity contribution in [2.24, 2.45) is 9.98 Å². The molecule has 1 aromatic carbocycles. The van der Waals surface area contributed by atoms with Gasteiger partial charge in [-0.3, -0.25) is 9.98 Å². The predicted octanol–water partition coefficient (Wildman–Crippen LogP) is 7.94. The number of nitrogens with zero attached hydrogens (tertiary/aromatic N) is 2. The van der Waals surface area contributed by atoms with Crippen molar-refractivity contribution >= 4 is 63.5 Å². The maximum absolute atomic E-state index is 6.24. The Labute approximate surface area is 163 Å². The minimum Gasteiger partial charge on any atom is -0.255 e. The molecule has 0 aliphatic carbocycles. The first-order valence-corrected chi connectivity index (χ1v) is 9.02. The van der Waals surface area contributed by atoms with Gasteiger partial charge in [0.1, 0.15) is 5.69 Å². The zero-order valence-electron chi connectivity index (χ0n) is 14.1. The summed E-state index contributed by atoms with van der Waals surface area (Å²) in [5.74, 6) is 0. The number of halogens is 4. The number of aliphatic imine (C=N–C) groups is 2. The molecule has 24 heavy (non-hydrogen) atoms. The highest BCUT2D eigenvalue weighted by molar-refractivity contribution is 6.39. The van der Waals surface area contributed by atoms with E-state index in [1.54, 1.807) is 25.1 Å². The molecule has 6 heteroatoms. The van der Waals surface area contributed by atoms with E-state index in [1.807, 2.05) is 26.8 Å². The van der Waals surface area contributed by atoms with Gasteiger partial charge in [0.2, 0.25) is 0 Å². The summed E-state index contributed by atoms with van der Waals surface area (Å²) in [5, 5.41) is 2.13. The molecule has 0 amide bonds. The molecule has 0 unspecified atom stereocenters. The van der Waals surface area contributed by atoms with Crippen LogP contribution in [0.25, 0.3) is 0 Å². The van der Waals surface area contributed by atoms with Crippen LogP contribution in [0.2, 0.25) is 10.0 Å². The molecule has 0 aliphatic rings. The van der Waals surface area contributed by atoms with Gasteiger partial charge >= 0.3 is 0 Å². The average Bonchev–Trinajstić information content (AvgIpc) is 2.48. The van der Waals surface area contributed by atoms with Crippen LogP contribution in [0.1, 0.15) is 40.5 Å². The summed E-state index contributed by atoms with van der Waals surface area (Å²) in [7, 11) is 0. The van der Waals surface area contributed by atoms with Gasteiger partial charge in [-0.05, 0) is 39.3 Å². The van der Waals surface area contributed by atoms with Crippen LogP contribution in [-0.2, 0) is 0 Å². The van der Waals surface area contributed by atoms with E-state index in [0.29, 0.717) is 37.9 Å². The normalized spacial score (nSPS) is 14.8. The standard InChI is InChI=1S/C18H20Cl4N2/c1-5-7-14(20)17(13(4)19)23-11(2)10-12(3)24-18-15(21)8-6-9-16(18)22/h6-9H,5,10H2,1-4H3/b14-7+,17-13-,23-11?,24-12?. The Hall–Kier alpha value is -0.800. The largest absolute Gasteiger partial charge is 0.255 e. The monoisotopic (exact) mass is 404 g/mol. The Kier molecular flexibility index (Phi) is 9.07. The maximum atomic E-state index is 6.24. The number of rotatable bonds is 6. The van der Waals surface area contributed by atoms with E-state index in [1.165, 1.54) is 0 Å². The molecule has 1 aromatic rings. The molecular weight excluding hydrogens is 386 g/mol. The first-order chi connectivity index (χ1) is 11.3. The van der Waals surface area contributed by atoms with Gasteiger partial charge < -0.3 is 0 Å².